The van der Waals surface area contributed by atoms with Crippen LogP contribution in [0.15, 0.2) is 191 Å². The van der Waals surface area contributed by atoms with Gasteiger partial charge < -0.3 is 106 Å². The molecule has 0 saturated heterocycles. The first-order valence-corrected chi connectivity index (χ1v) is 51.5. The van der Waals surface area contributed by atoms with Crippen LogP contribution in [0, 0.1) is 6.92 Å². The van der Waals surface area contributed by atoms with Crippen molar-refractivity contribution in [2.24, 2.45) is 0 Å². The van der Waals surface area contributed by atoms with Gasteiger partial charge >= 0.3 is 66.0 Å². The Morgan fingerprint density at radius 1 is 0.338 bits per heavy atom. The zero-order valence-corrected chi connectivity index (χ0v) is 82.0. The minimum atomic E-state index is -10.7. The third-order valence-corrected chi connectivity index (χ3v) is 21.0. The van der Waals surface area contributed by atoms with Crippen molar-refractivity contribution >= 4 is 15.6 Å². The summed E-state index contributed by atoms with van der Waals surface area (Å²) in [6.07, 6.45) is 28.0. The molecule has 0 saturated carbocycles. The SMILES string of the molecule is COc1cc(CCCc2ccc(-c3ccc(OCC4=C=C=C5OCCOCCOCCC/C=C\CCCOCCOCCOC5C4)cc3)cc2)cc(C)c1OCCCCCCO.COc1cc(CNCc2ccc(-c3ccc(OCC4=C=C=C5OCCOCCOCCC/C=C\CCCOCCOCCOC5C4)cc3)cc2)cc(OC)c1OCCCCCCO.F[P-](F)(F)(F)(F)F.F[P-](F)(F)(F)(F)F. The molecule has 2 heterocycles. The summed E-state index contributed by atoms with van der Waals surface area (Å²) < 4.78 is 230. The van der Waals surface area contributed by atoms with Crippen molar-refractivity contribution in [1.29, 1.82) is 0 Å². The van der Waals surface area contributed by atoms with E-state index in [1.165, 1.54) is 22.3 Å². The van der Waals surface area contributed by atoms with Gasteiger partial charge in [0, 0.05) is 76.7 Å². The number of rotatable bonds is 33. The normalized spacial score (nSPS) is 18.7. The van der Waals surface area contributed by atoms with Crippen LogP contribution in [0.25, 0.3) is 22.3 Å². The Hall–Kier alpha value is -8.90. The number of aliphatic hydroxyl groups is 2. The first-order chi connectivity index (χ1) is 66.7. The van der Waals surface area contributed by atoms with Crippen LogP contribution >= 0.6 is 15.6 Å². The van der Waals surface area contributed by atoms with Crippen molar-refractivity contribution in [2.75, 3.05) is 193 Å². The maximum absolute atomic E-state index is 10.7. The number of aryl methyl sites for hydroxylation is 3. The zero-order valence-electron chi connectivity index (χ0n) is 80.2. The van der Waals surface area contributed by atoms with Gasteiger partial charge in [-0.25, -0.2) is 0 Å². The molecule has 2 aliphatic carbocycles. The van der Waals surface area contributed by atoms with Crippen LogP contribution < -0.4 is 38.5 Å². The van der Waals surface area contributed by atoms with Crippen LogP contribution in [0.2, 0.25) is 0 Å². The van der Waals surface area contributed by atoms with E-state index in [1.807, 2.05) is 36.4 Å². The quantitative estimate of drug-likeness (QED) is 0.0114. The van der Waals surface area contributed by atoms with Crippen molar-refractivity contribution in [3.05, 3.63) is 219 Å². The first-order valence-electron chi connectivity index (χ1n) is 47.4. The van der Waals surface area contributed by atoms with Crippen molar-refractivity contribution in [3.8, 4) is 62.5 Å². The van der Waals surface area contributed by atoms with E-state index >= 15 is 0 Å². The van der Waals surface area contributed by atoms with Gasteiger partial charge in [-0.15, -0.1) is 0 Å². The molecule has 0 spiro atoms. The number of halogens is 12. The van der Waals surface area contributed by atoms with Crippen molar-refractivity contribution in [1.82, 2.24) is 5.32 Å². The molecular formula is C103H139F12NO21P2-2. The van der Waals surface area contributed by atoms with E-state index in [0.717, 1.165) is 210 Å². The summed E-state index contributed by atoms with van der Waals surface area (Å²) in [6, 6.07) is 42.1. The molecular weight excluding hydrogens is 1880 g/mol. The average Bonchev–Trinajstić information content (AvgIpc) is 0.785. The van der Waals surface area contributed by atoms with E-state index in [1.54, 1.807) is 21.3 Å². The van der Waals surface area contributed by atoms with Gasteiger partial charge in [0.1, 0.15) is 50.1 Å². The van der Waals surface area contributed by atoms with E-state index in [9.17, 15) is 50.4 Å². The molecule has 36 heteroatoms. The molecule has 3 N–H and O–H groups in total. The number of ether oxygens (including phenoxy) is 19. The van der Waals surface area contributed by atoms with Crippen LogP contribution in [0.5, 0.6) is 40.2 Å². The average molecular weight is 2020 g/mol. The maximum atomic E-state index is 9.87. The number of hydrogen-bond donors (Lipinski definition) is 3. The van der Waals surface area contributed by atoms with Gasteiger partial charge in [0.2, 0.25) is 5.75 Å². The molecule has 0 bridgehead atoms. The molecule has 139 heavy (non-hydrogen) atoms. The number of fused-ring (bicyclic) bond motifs is 2. The zero-order chi connectivity index (χ0) is 100. The fourth-order valence-corrected chi connectivity index (χ4v) is 14.1. The van der Waals surface area contributed by atoms with Gasteiger partial charge in [-0.1, -0.05) is 127 Å². The van der Waals surface area contributed by atoms with Gasteiger partial charge in [-0.2, -0.15) is 0 Å². The number of aliphatic hydroxyl groups excluding tert-OH is 2. The predicted octanol–water partition coefficient (Wildman–Crippen LogP) is 25.0. The second kappa shape index (κ2) is 62.5. The van der Waals surface area contributed by atoms with E-state index in [-0.39, 0.29) is 25.4 Å². The second-order valence-electron chi connectivity index (χ2n) is 32.8. The van der Waals surface area contributed by atoms with Crippen LogP contribution in [0.4, 0.5) is 50.4 Å². The summed E-state index contributed by atoms with van der Waals surface area (Å²) in [5.41, 5.74) is 25.1. The van der Waals surface area contributed by atoms with Crippen LogP contribution in [-0.2, 0) is 82.8 Å². The molecule has 2 unspecified atom stereocenters. The number of benzene rings is 6. The predicted molar refractivity (Wildman–Crippen MR) is 514 cm³/mol. The Balaban J connectivity index is 0.000000332. The van der Waals surface area contributed by atoms with Gasteiger partial charge in [0.15, 0.2) is 34.5 Å². The van der Waals surface area contributed by atoms with Gasteiger partial charge in [0.25, 0.3) is 0 Å². The molecule has 6 aromatic rings. The van der Waals surface area contributed by atoms with Gasteiger partial charge in [-0.05, 0) is 220 Å². The second-order valence-corrected chi connectivity index (χ2v) is 36.6. The summed E-state index contributed by atoms with van der Waals surface area (Å²) in [5, 5.41) is 21.5. The monoisotopic (exact) mass is 2020 g/mol. The molecule has 10 rings (SSSR count). The summed E-state index contributed by atoms with van der Waals surface area (Å²) in [4.78, 5) is 0. The Bertz CT molecular complexity index is 4690. The molecule has 4 aliphatic rings. The number of allylic oxidation sites excluding steroid dienone is 4. The number of hydrogen-bond acceptors (Lipinski definition) is 22. The van der Waals surface area contributed by atoms with Crippen molar-refractivity contribution in [3.63, 3.8) is 0 Å². The molecule has 0 aromatic heterocycles. The van der Waals surface area contributed by atoms with Crippen molar-refractivity contribution < 1.29 is 151 Å². The molecule has 0 fully saturated rings. The molecule has 22 nitrogen and oxygen atoms in total. The Kier molecular flexibility index (Phi) is 52.6. The van der Waals surface area contributed by atoms with Crippen molar-refractivity contribution in [2.45, 2.75) is 167 Å². The summed E-state index contributed by atoms with van der Waals surface area (Å²) >= 11 is 0. The van der Waals surface area contributed by atoms with Crippen LogP contribution in [0.3, 0.4) is 0 Å². The Morgan fingerprint density at radius 3 is 1.04 bits per heavy atom. The van der Waals surface area contributed by atoms with E-state index in [2.05, 4.69) is 144 Å². The molecule has 0 amide bonds. The molecule has 2 atom stereocenters. The standard InChI is InChI=1S/C52H70O10.C51H69NO11.2F6P/c1-42-38-44(39-51(54-2)52(42)61-29-12-8-5-9-26-53)15-13-14-43-16-19-46(20-17-43)47-21-23-48(24-22-47)62-41-45-18-25-49-50(40-45)60-37-35-58-33-31-56-28-11-7-4-3-6-10-27-55-30-32-57-34-36-59-49;1-54-49-36-43(37-50(55-2)51(49)62-26-12-8-5-9-23-53)39-52-38-41-13-16-44(17-14-41)45-18-20-46(21-19-45)63-40-42-15-22-47-48(35-42)61-34-32-59-30-28-57-25-11-7-4-3-6-10-24-56-27-29-58-31-33-60-47;2*1-7(2,3,4,5)6/h3-4,16-17,19-24,38-39,50,53H,5-15,26-37,40-41H2,1-2H3;3-4,13-14,16-21,36-37,48,52-53H,5-12,23-35,38-40H2,1-2H3;;/q;;2*-1/b2*4-3-;;. The third kappa shape index (κ3) is 57.1. The van der Waals surface area contributed by atoms with E-state index in [0.29, 0.717) is 187 Å². The molecule has 778 valence electrons. The van der Waals surface area contributed by atoms with E-state index in [4.69, 9.17) is 100 Å². The Labute approximate surface area is 809 Å². The van der Waals surface area contributed by atoms with Crippen LogP contribution in [0.1, 0.15) is 150 Å². The fraction of sp³-hybridized carbons (Fsp3) is 0.534. The molecule has 2 aliphatic heterocycles. The summed E-state index contributed by atoms with van der Waals surface area (Å²) in [7, 11) is -16.3. The fourth-order valence-electron chi connectivity index (χ4n) is 14.1. The minimum absolute atomic E-state index is 0.228. The topological polar surface area (TPSA) is 228 Å². The third-order valence-electron chi connectivity index (χ3n) is 21.0. The first kappa shape index (κ1) is 117. The number of unbranched alkanes of at least 4 members (excludes halogenated alkanes) is 6. The van der Waals surface area contributed by atoms with Gasteiger partial charge in [0.05, 0.1) is 127 Å². The Morgan fingerprint density at radius 2 is 0.655 bits per heavy atom. The molecule has 6 aromatic carbocycles. The summed E-state index contributed by atoms with van der Waals surface area (Å²) in [6.45, 7) is 16.5. The number of methoxy groups -OCH3 is 3. The summed E-state index contributed by atoms with van der Waals surface area (Å²) in [5.74, 6) is 6.31. The molecule has 0 radical (unpaired) electrons. The van der Waals surface area contributed by atoms with Gasteiger partial charge in [-0.3, -0.25) is 0 Å². The van der Waals surface area contributed by atoms with E-state index < -0.39 is 15.6 Å². The van der Waals surface area contributed by atoms with Crippen LogP contribution in [-0.4, -0.2) is 216 Å². The number of nitrogens with one attached hydrogen (secondary N) is 1.